The van der Waals surface area contributed by atoms with E-state index in [4.69, 9.17) is 0 Å². The average Bonchev–Trinajstić information content (AvgIpc) is 2.59. The monoisotopic (exact) mass is 548 g/mol. The van der Waals surface area contributed by atoms with Crippen molar-refractivity contribution in [3.63, 3.8) is 0 Å². The predicted molar refractivity (Wildman–Crippen MR) is 62.6 cm³/mol. The first-order valence-corrected chi connectivity index (χ1v) is 6.67. The normalized spacial score (nSPS) is 9.00. The molecule has 1 rings (SSSR count). The first-order valence-electron chi connectivity index (χ1n) is 4.11. The molecule has 1 aromatic rings. The van der Waals surface area contributed by atoms with Gasteiger partial charge in [-0.15, -0.1) is 0 Å². The first kappa shape index (κ1) is 26.6. The Morgan fingerprint density at radius 1 is 1.00 bits per heavy atom. The van der Waals surface area contributed by atoms with Gasteiger partial charge >= 0.3 is 105 Å². The number of allylic oxidation sites excluding steroid dienone is 2. The molecule has 0 bridgehead atoms. The average molecular weight is 552 g/mol. The molecule has 1 aromatic carbocycles. The SMILES string of the molecule is C[C](=[Sb])C(C)=[C](C)[Sb].[Cl-].[Cl-].[Zr+3].c1cc[cH-]c1. The van der Waals surface area contributed by atoms with Gasteiger partial charge in [-0.2, -0.15) is 18.2 Å². The molecule has 0 heterocycles. The first-order chi connectivity index (χ1) is 6.05. The topological polar surface area (TPSA) is 0 Å². The smallest absolute Gasteiger partial charge is 1.00 e. The Hall–Kier alpha value is 2.06. The van der Waals surface area contributed by atoms with Crippen LogP contribution in [0, 0.1) is 0 Å². The minimum absolute atomic E-state index is 0. The Labute approximate surface area is 158 Å². The maximum absolute atomic E-state index is 2.18. The zero-order valence-electron chi connectivity index (χ0n) is 9.54. The van der Waals surface area contributed by atoms with Crippen LogP contribution in [0.4, 0.5) is 0 Å². The van der Waals surface area contributed by atoms with Crippen LogP contribution in [0.5, 0.6) is 0 Å². The molecule has 0 unspecified atom stereocenters. The third-order valence-corrected chi connectivity index (χ3v) is 3.56. The molecule has 0 spiro atoms. The van der Waals surface area contributed by atoms with Crippen LogP contribution in [0.3, 0.4) is 0 Å². The van der Waals surface area contributed by atoms with Gasteiger partial charge in [-0.25, -0.2) is 12.1 Å². The Morgan fingerprint density at radius 3 is 1.44 bits per heavy atom. The fourth-order valence-corrected chi connectivity index (χ4v) is 2.32. The Bertz CT molecular complexity index is 261. The van der Waals surface area contributed by atoms with Gasteiger partial charge < -0.3 is 24.8 Å². The summed E-state index contributed by atoms with van der Waals surface area (Å²) in [4.78, 5) is 0. The predicted octanol–water partition coefficient (Wildman–Crippen LogP) is -3.78. The molecule has 16 heavy (non-hydrogen) atoms. The van der Waals surface area contributed by atoms with Gasteiger partial charge in [0.15, 0.2) is 0 Å². The van der Waals surface area contributed by atoms with Crippen molar-refractivity contribution >= 4 is 49.0 Å². The molecule has 0 aliphatic carbocycles. The third kappa shape index (κ3) is 16.1. The number of hydrogen-bond donors (Lipinski definition) is 0. The largest absolute Gasteiger partial charge is 3.00 e. The molecule has 0 aliphatic heterocycles. The van der Waals surface area contributed by atoms with Crippen LogP contribution in [-0.4, -0.2) is 49.0 Å². The third-order valence-electron chi connectivity index (χ3n) is 1.64. The van der Waals surface area contributed by atoms with Crippen molar-refractivity contribution in [1.29, 1.82) is 0 Å². The van der Waals surface area contributed by atoms with E-state index in [1.54, 1.807) is 0 Å². The van der Waals surface area contributed by atoms with Crippen LogP contribution in [0.2, 0.25) is 0 Å². The van der Waals surface area contributed by atoms with E-state index >= 15 is 0 Å². The minimum Gasteiger partial charge on any atom is -1.00 e. The van der Waals surface area contributed by atoms with Gasteiger partial charge in [0.05, 0.1) is 0 Å². The fourth-order valence-electron chi connectivity index (χ4n) is 0.583. The summed E-state index contributed by atoms with van der Waals surface area (Å²) in [6.45, 7) is 6.53. The standard InChI is InChI=1S/C6H9.C5H5.2ClH.2Sb.Zr/c1-4-6(3)5-2;1-2-4-5-3-1;;;;;/h1-3H3;1-5H;2*1H;;;/q;-1;;;;;+3/p-2. The van der Waals surface area contributed by atoms with Gasteiger partial charge in [-0.05, 0) is 0 Å². The number of halogens is 2. The van der Waals surface area contributed by atoms with Crippen molar-refractivity contribution in [3.8, 4) is 0 Å². The Balaban J connectivity index is -0.0000000798. The number of hydrogen-bond acceptors (Lipinski definition) is 0. The fraction of sp³-hybridized carbons (Fsp3) is 0.273. The van der Waals surface area contributed by atoms with E-state index < -0.39 is 0 Å². The summed E-state index contributed by atoms with van der Waals surface area (Å²) in [6, 6.07) is 10.0. The molecule has 0 saturated heterocycles. The zero-order chi connectivity index (χ0) is 10.3. The quantitative estimate of drug-likeness (QED) is 0.248. The summed E-state index contributed by atoms with van der Waals surface area (Å²) in [5.74, 6) is 0. The van der Waals surface area contributed by atoms with E-state index in [1.807, 2.05) is 75.9 Å². The maximum Gasteiger partial charge on any atom is 3.00 e. The molecule has 5 heteroatoms. The van der Waals surface area contributed by atoms with E-state index in [2.05, 4.69) is 20.8 Å². The van der Waals surface area contributed by atoms with Crippen molar-refractivity contribution in [1.82, 2.24) is 0 Å². The second-order valence-electron chi connectivity index (χ2n) is 2.76. The van der Waals surface area contributed by atoms with E-state index in [9.17, 15) is 0 Å². The molecular weight excluding hydrogens is 538 g/mol. The summed E-state index contributed by atoms with van der Waals surface area (Å²) in [6.07, 6.45) is 0. The van der Waals surface area contributed by atoms with Crippen molar-refractivity contribution in [2.24, 2.45) is 0 Å². The minimum atomic E-state index is 0. The zero-order valence-corrected chi connectivity index (χ0v) is 18.6. The van der Waals surface area contributed by atoms with Crippen LogP contribution in [0.15, 0.2) is 39.4 Å². The molecule has 86 valence electrons. The van der Waals surface area contributed by atoms with E-state index in [0.717, 1.165) is 0 Å². The van der Waals surface area contributed by atoms with E-state index in [-0.39, 0.29) is 51.0 Å². The van der Waals surface area contributed by atoms with Crippen LogP contribution in [0.1, 0.15) is 20.8 Å². The van der Waals surface area contributed by atoms with Gasteiger partial charge in [0, 0.05) is 0 Å². The van der Waals surface area contributed by atoms with Gasteiger partial charge in [-0.3, -0.25) is 0 Å². The van der Waals surface area contributed by atoms with Crippen molar-refractivity contribution in [2.75, 3.05) is 0 Å². The summed E-state index contributed by atoms with van der Waals surface area (Å²) in [5, 5.41) is 0. The Kier molecular flexibility index (Phi) is 28.3. The molecule has 0 nitrogen and oxygen atoms in total. The van der Waals surface area contributed by atoms with Crippen molar-refractivity contribution in [3.05, 3.63) is 39.4 Å². The van der Waals surface area contributed by atoms with Crippen molar-refractivity contribution < 1.29 is 51.0 Å². The summed E-state index contributed by atoms with van der Waals surface area (Å²) >= 11 is 3.63. The van der Waals surface area contributed by atoms with Crippen LogP contribution >= 0.6 is 0 Å². The maximum atomic E-state index is 2.18. The van der Waals surface area contributed by atoms with Crippen molar-refractivity contribution in [2.45, 2.75) is 20.8 Å². The molecule has 4 radical (unpaired) electrons. The van der Waals surface area contributed by atoms with Gasteiger partial charge in [0.2, 0.25) is 0 Å². The van der Waals surface area contributed by atoms with Crippen LogP contribution in [0.25, 0.3) is 0 Å². The number of rotatable bonds is 1. The van der Waals surface area contributed by atoms with Gasteiger partial charge in [0.1, 0.15) is 0 Å². The van der Waals surface area contributed by atoms with E-state index in [0.29, 0.717) is 0 Å². The van der Waals surface area contributed by atoms with Gasteiger partial charge in [-0.1, -0.05) is 0 Å². The summed E-state index contributed by atoms with van der Waals surface area (Å²) in [5.41, 5.74) is 1.48. The molecule has 0 atom stereocenters. The molecule has 0 N–H and O–H groups in total. The molecule has 0 amide bonds. The second-order valence-corrected chi connectivity index (χ2v) is 6.59. The van der Waals surface area contributed by atoms with Crippen LogP contribution < -0.4 is 24.8 Å². The Morgan fingerprint density at radius 2 is 1.38 bits per heavy atom. The second kappa shape index (κ2) is 17.1. The molecule has 0 aliphatic rings. The van der Waals surface area contributed by atoms with Crippen LogP contribution in [-0.2, 0) is 26.2 Å². The van der Waals surface area contributed by atoms with E-state index in [1.165, 1.54) is 12.5 Å². The van der Waals surface area contributed by atoms with Gasteiger partial charge in [0.25, 0.3) is 0 Å². The summed E-state index contributed by atoms with van der Waals surface area (Å²) in [7, 11) is 0. The molecule has 0 saturated carbocycles. The summed E-state index contributed by atoms with van der Waals surface area (Å²) < 4.78 is 2.97. The molecular formula is C11H14Cl2Sb2Zr. The molecule has 0 fully saturated rings. The molecule has 0 aromatic heterocycles.